The van der Waals surface area contributed by atoms with Gasteiger partial charge in [-0.1, -0.05) is 52.3 Å². The minimum atomic E-state index is -0.158. The van der Waals surface area contributed by atoms with E-state index in [0.717, 1.165) is 15.6 Å². The van der Waals surface area contributed by atoms with Gasteiger partial charge in [0.05, 0.1) is 0 Å². The Morgan fingerprint density at radius 2 is 1.79 bits per heavy atom. The molecule has 3 aromatic rings. The summed E-state index contributed by atoms with van der Waals surface area (Å²) in [6, 6.07) is 17.4. The van der Waals surface area contributed by atoms with Gasteiger partial charge in [-0.25, -0.2) is 4.98 Å². The van der Waals surface area contributed by atoms with E-state index in [9.17, 15) is 4.79 Å². The molecule has 122 valence electrons. The van der Waals surface area contributed by atoms with Gasteiger partial charge in [0.1, 0.15) is 5.76 Å². The van der Waals surface area contributed by atoms with Crippen molar-refractivity contribution in [2.75, 3.05) is 7.05 Å². The van der Waals surface area contributed by atoms with Gasteiger partial charge in [-0.05, 0) is 30.7 Å². The second-order valence-electron chi connectivity index (χ2n) is 5.54. The molecule has 0 aliphatic rings. The van der Waals surface area contributed by atoms with E-state index in [1.807, 2.05) is 54.6 Å². The number of carbonyl (C=O) groups is 1. The van der Waals surface area contributed by atoms with Crippen molar-refractivity contribution in [3.05, 3.63) is 76.1 Å². The van der Waals surface area contributed by atoms with Gasteiger partial charge < -0.3 is 9.32 Å². The molecule has 0 saturated carbocycles. The van der Waals surface area contributed by atoms with Crippen molar-refractivity contribution in [3.63, 3.8) is 0 Å². The zero-order chi connectivity index (χ0) is 17.1. The third-order valence-electron chi connectivity index (χ3n) is 3.73. The number of amides is 1. The summed E-state index contributed by atoms with van der Waals surface area (Å²) in [5, 5.41) is 0. The fraction of sp³-hybridized carbons (Fsp3) is 0.158. The van der Waals surface area contributed by atoms with E-state index in [-0.39, 0.29) is 5.91 Å². The summed E-state index contributed by atoms with van der Waals surface area (Å²) in [5.41, 5.74) is 2.24. The number of aryl methyl sites for hydroxylation is 1. The second-order valence-corrected chi connectivity index (χ2v) is 6.40. The van der Waals surface area contributed by atoms with Crippen LogP contribution in [0.5, 0.6) is 0 Å². The normalized spacial score (nSPS) is 10.6. The maximum Gasteiger partial charge on any atom is 0.276 e. The van der Waals surface area contributed by atoms with Gasteiger partial charge in [0.25, 0.3) is 5.91 Å². The number of oxazole rings is 1. The van der Waals surface area contributed by atoms with Crippen LogP contribution in [-0.2, 0) is 6.54 Å². The van der Waals surface area contributed by atoms with Crippen LogP contribution in [0.1, 0.15) is 21.8 Å². The van der Waals surface area contributed by atoms with E-state index in [1.54, 1.807) is 18.9 Å². The first-order valence-electron chi connectivity index (χ1n) is 7.58. The Morgan fingerprint density at radius 3 is 2.50 bits per heavy atom. The average Bonchev–Trinajstić information content (AvgIpc) is 2.99. The molecule has 1 aromatic heterocycles. The number of benzene rings is 2. The molecular weight excluding hydrogens is 368 g/mol. The predicted octanol–water partition coefficient (Wildman–Crippen LogP) is 4.68. The molecule has 0 fully saturated rings. The maximum absolute atomic E-state index is 12.7. The topological polar surface area (TPSA) is 46.3 Å². The number of hydrogen-bond acceptors (Lipinski definition) is 3. The van der Waals surface area contributed by atoms with E-state index in [4.69, 9.17) is 4.42 Å². The standard InChI is InChI=1S/C19H17BrN2O2/c1-13-17(21-18(24-13)14-8-4-3-5-9-14)19(23)22(2)12-15-10-6-7-11-16(15)20/h3-11H,12H2,1-2H3. The van der Waals surface area contributed by atoms with Crippen LogP contribution in [0, 0.1) is 6.92 Å². The van der Waals surface area contributed by atoms with Crippen LogP contribution in [0.4, 0.5) is 0 Å². The first-order chi connectivity index (χ1) is 11.6. The molecule has 1 amide bonds. The number of carbonyl (C=O) groups excluding carboxylic acids is 1. The Labute approximate surface area is 149 Å². The molecule has 0 aliphatic heterocycles. The molecule has 0 N–H and O–H groups in total. The van der Waals surface area contributed by atoms with Crippen LogP contribution in [-0.4, -0.2) is 22.8 Å². The lowest BCUT2D eigenvalue weighted by molar-refractivity contribution is 0.0778. The predicted molar refractivity (Wildman–Crippen MR) is 96.6 cm³/mol. The fourth-order valence-corrected chi connectivity index (χ4v) is 2.84. The summed E-state index contributed by atoms with van der Waals surface area (Å²) in [6.45, 7) is 2.26. The number of rotatable bonds is 4. The largest absolute Gasteiger partial charge is 0.441 e. The molecule has 2 aromatic carbocycles. The maximum atomic E-state index is 12.7. The molecule has 0 bridgehead atoms. The molecule has 3 rings (SSSR count). The molecule has 1 heterocycles. The molecular formula is C19H17BrN2O2. The molecule has 0 aliphatic carbocycles. The van der Waals surface area contributed by atoms with Gasteiger partial charge in [0.2, 0.25) is 5.89 Å². The first-order valence-corrected chi connectivity index (χ1v) is 8.37. The number of nitrogens with zero attached hydrogens (tertiary/aromatic N) is 2. The van der Waals surface area contributed by atoms with Crippen molar-refractivity contribution in [2.45, 2.75) is 13.5 Å². The molecule has 0 radical (unpaired) electrons. The first kappa shape index (κ1) is 16.5. The van der Waals surface area contributed by atoms with Gasteiger partial charge in [0.15, 0.2) is 5.69 Å². The fourth-order valence-electron chi connectivity index (χ4n) is 2.43. The Kier molecular flexibility index (Phi) is 4.81. The van der Waals surface area contributed by atoms with Crippen LogP contribution in [0.25, 0.3) is 11.5 Å². The second kappa shape index (κ2) is 7.01. The Bertz CT molecular complexity index is 859. The van der Waals surface area contributed by atoms with Gasteiger partial charge in [0, 0.05) is 23.6 Å². The quantitative estimate of drug-likeness (QED) is 0.655. The van der Waals surface area contributed by atoms with Crippen molar-refractivity contribution in [3.8, 4) is 11.5 Å². The molecule has 5 heteroatoms. The van der Waals surface area contributed by atoms with E-state index in [1.165, 1.54) is 0 Å². The monoisotopic (exact) mass is 384 g/mol. The summed E-state index contributed by atoms with van der Waals surface area (Å²) < 4.78 is 6.66. The minimum absolute atomic E-state index is 0.158. The van der Waals surface area contributed by atoms with Crippen LogP contribution in [0.2, 0.25) is 0 Å². The van der Waals surface area contributed by atoms with Crippen LogP contribution >= 0.6 is 15.9 Å². The van der Waals surface area contributed by atoms with Crippen molar-refractivity contribution >= 4 is 21.8 Å². The smallest absolute Gasteiger partial charge is 0.276 e. The summed E-state index contributed by atoms with van der Waals surface area (Å²) in [7, 11) is 1.76. The molecule has 0 unspecified atom stereocenters. The number of hydrogen-bond donors (Lipinski definition) is 0. The Morgan fingerprint density at radius 1 is 1.12 bits per heavy atom. The molecule has 0 spiro atoms. The van der Waals surface area contributed by atoms with E-state index < -0.39 is 0 Å². The number of aromatic nitrogens is 1. The zero-order valence-corrected chi connectivity index (χ0v) is 15.1. The van der Waals surface area contributed by atoms with Gasteiger partial charge in [-0.15, -0.1) is 0 Å². The highest BCUT2D eigenvalue weighted by atomic mass is 79.9. The zero-order valence-electron chi connectivity index (χ0n) is 13.5. The van der Waals surface area contributed by atoms with E-state index in [0.29, 0.717) is 23.9 Å². The highest BCUT2D eigenvalue weighted by Gasteiger charge is 2.21. The lowest BCUT2D eigenvalue weighted by Crippen LogP contribution is -2.27. The third-order valence-corrected chi connectivity index (χ3v) is 4.51. The van der Waals surface area contributed by atoms with Gasteiger partial charge in [-0.3, -0.25) is 4.79 Å². The number of halogens is 1. The molecule has 24 heavy (non-hydrogen) atoms. The minimum Gasteiger partial charge on any atom is -0.441 e. The van der Waals surface area contributed by atoms with Gasteiger partial charge >= 0.3 is 0 Å². The van der Waals surface area contributed by atoms with Crippen LogP contribution in [0.3, 0.4) is 0 Å². The van der Waals surface area contributed by atoms with Crippen molar-refractivity contribution in [2.24, 2.45) is 0 Å². The lowest BCUT2D eigenvalue weighted by atomic mass is 10.2. The van der Waals surface area contributed by atoms with Crippen molar-refractivity contribution in [1.29, 1.82) is 0 Å². The highest BCUT2D eigenvalue weighted by molar-refractivity contribution is 9.10. The average molecular weight is 385 g/mol. The molecule has 0 atom stereocenters. The lowest BCUT2D eigenvalue weighted by Gasteiger charge is -2.17. The van der Waals surface area contributed by atoms with Crippen LogP contribution in [0.15, 0.2) is 63.5 Å². The summed E-state index contributed by atoms with van der Waals surface area (Å²) in [5.74, 6) is 0.831. The Balaban J connectivity index is 1.82. The Hall–Kier alpha value is -2.40. The summed E-state index contributed by atoms with van der Waals surface area (Å²) in [4.78, 5) is 18.7. The third kappa shape index (κ3) is 3.41. The molecule has 0 saturated heterocycles. The van der Waals surface area contributed by atoms with Crippen molar-refractivity contribution in [1.82, 2.24) is 9.88 Å². The van der Waals surface area contributed by atoms with Gasteiger partial charge in [-0.2, -0.15) is 0 Å². The van der Waals surface area contributed by atoms with Crippen molar-refractivity contribution < 1.29 is 9.21 Å². The summed E-state index contributed by atoms with van der Waals surface area (Å²) in [6.07, 6.45) is 0. The highest BCUT2D eigenvalue weighted by Crippen LogP contribution is 2.23. The SMILES string of the molecule is Cc1oc(-c2ccccc2)nc1C(=O)N(C)Cc1ccccc1Br. The van der Waals surface area contributed by atoms with Crippen LogP contribution < -0.4 is 0 Å². The van der Waals surface area contributed by atoms with E-state index >= 15 is 0 Å². The molecule has 4 nitrogen and oxygen atoms in total. The summed E-state index contributed by atoms with van der Waals surface area (Å²) >= 11 is 3.51. The van der Waals surface area contributed by atoms with E-state index in [2.05, 4.69) is 20.9 Å².